The van der Waals surface area contributed by atoms with E-state index >= 15 is 0 Å². The molecule has 0 amide bonds. The molecule has 1 atom stereocenters. The lowest BCUT2D eigenvalue weighted by molar-refractivity contribution is -0.275. The molecule has 0 saturated carbocycles. The predicted molar refractivity (Wildman–Crippen MR) is 98.7 cm³/mol. The molecule has 1 aromatic heterocycles. The van der Waals surface area contributed by atoms with Gasteiger partial charge < -0.3 is 9.15 Å². The van der Waals surface area contributed by atoms with Gasteiger partial charge in [-0.1, -0.05) is 12.1 Å². The van der Waals surface area contributed by atoms with Gasteiger partial charge in [-0.05, 0) is 24.3 Å². The van der Waals surface area contributed by atoms with E-state index in [1.165, 1.54) is 18.4 Å². The molecule has 3 rings (SSSR count). The molecule has 0 aliphatic carbocycles. The number of nitrogens with one attached hydrogen (secondary N) is 1. The summed E-state index contributed by atoms with van der Waals surface area (Å²) < 4.78 is 74.9. The first-order chi connectivity index (χ1) is 13.3. The summed E-state index contributed by atoms with van der Waals surface area (Å²) in [7, 11) is -4.24. The Kier molecular flexibility index (Phi) is 6.58. The molecule has 6 nitrogen and oxygen atoms in total. The summed E-state index contributed by atoms with van der Waals surface area (Å²) in [5.41, 5.74) is 0. The predicted octanol–water partition coefficient (Wildman–Crippen LogP) is 3.25. The molecule has 154 valence electrons. The largest absolute Gasteiger partial charge is 0.573 e. The monoisotopic (exact) mass is 436 g/mol. The van der Waals surface area contributed by atoms with Crippen molar-refractivity contribution < 1.29 is 30.7 Å². The normalized spacial score (nSPS) is 17.4. The van der Waals surface area contributed by atoms with Crippen molar-refractivity contribution in [1.82, 2.24) is 9.62 Å². The van der Waals surface area contributed by atoms with Crippen LogP contribution in [-0.2, 0) is 10.0 Å². The van der Waals surface area contributed by atoms with Crippen LogP contribution in [0, 0.1) is 0 Å². The summed E-state index contributed by atoms with van der Waals surface area (Å²) in [6.45, 7) is 1.47. The van der Waals surface area contributed by atoms with Crippen molar-refractivity contribution in [1.29, 1.82) is 0 Å². The molecule has 2 heterocycles. The molecule has 0 radical (unpaired) electrons. The Morgan fingerprint density at radius 2 is 1.89 bits per heavy atom. The molecule has 1 aromatic carbocycles. The molecule has 0 spiro atoms. The van der Waals surface area contributed by atoms with Crippen LogP contribution in [0.3, 0.4) is 0 Å². The van der Waals surface area contributed by atoms with Gasteiger partial charge in [0.25, 0.3) is 0 Å². The maximum atomic E-state index is 12.7. The minimum Gasteiger partial charge on any atom is -0.468 e. The maximum absolute atomic E-state index is 12.7. The van der Waals surface area contributed by atoms with Gasteiger partial charge in [0, 0.05) is 31.1 Å². The number of rotatable bonds is 7. The van der Waals surface area contributed by atoms with E-state index in [0.717, 1.165) is 36.7 Å². The van der Waals surface area contributed by atoms with Gasteiger partial charge in [-0.15, -0.1) is 13.2 Å². The zero-order valence-electron chi connectivity index (χ0n) is 14.7. The van der Waals surface area contributed by atoms with E-state index in [1.807, 2.05) is 11.8 Å². The Bertz CT molecular complexity index is 867. The molecule has 2 aromatic rings. The SMILES string of the molecule is O=S(=O)(NCC(c1ccco1)N1CCSCC1)c1ccccc1OC(F)(F)F. The van der Waals surface area contributed by atoms with Crippen molar-refractivity contribution in [3.63, 3.8) is 0 Å². The highest BCUT2D eigenvalue weighted by Crippen LogP contribution is 2.30. The molecule has 1 unspecified atom stereocenters. The number of hydrogen-bond donors (Lipinski definition) is 1. The smallest absolute Gasteiger partial charge is 0.468 e. The van der Waals surface area contributed by atoms with Crippen LogP contribution in [0.1, 0.15) is 11.8 Å². The molecule has 28 heavy (non-hydrogen) atoms. The van der Waals surface area contributed by atoms with Gasteiger partial charge in [0.05, 0.1) is 12.3 Å². The molecular formula is C17H19F3N2O4S2. The van der Waals surface area contributed by atoms with Gasteiger partial charge in [-0.2, -0.15) is 11.8 Å². The number of halogens is 3. The Hall–Kier alpha value is -1.69. The van der Waals surface area contributed by atoms with Gasteiger partial charge in [0.15, 0.2) is 0 Å². The second-order valence-corrected chi connectivity index (χ2v) is 8.99. The molecule has 1 aliphatic heterocycles. The lowest BCUT2D eigenvalue weighted by Crippen LogP contribution is -2.42. The van der Waals surface area contributed by atoms with E-state index < -0.39 is 27.0 Å². The average molecular weight is 436 g/mol. The fraction of sp³-hybridized carbons (Fsp3) is 0.412. The second kappa shape index (κ2) is 8.76. The third-order valence-corrected chi connectivity index (χ3v) is 6.59. The number of furan rings is 1. The Morgan fingerprint density at radius 1 is 1.18 bits per heavy atom. The zero-order valence-corrected chi connectivity index (χ0v) is 16.3. The first kappa shape index (κ1) is 21.0. The van der Waals surface area contributed by atoms with E-state index in [-0.39, 0.29) is 12.6 Å². The molecule has 1 N–H and O–H groups in total. The molecule has 1 aliphatic rings. The van der Waals surface area contributed by atoms with Crippen LogP contribution in [0.2, 0.25) is 0 Å². The number of hydrogen-bond acceptors (Lipinski definition) is 6. The van der Waals surface area contributed by atoms with Crippen molar-refractivity contribution in [3.05, 3.63) is 48.4 Å². The highest BCUT2D eigenvalue weighted by molar-refractivity contribution is 7.99. The second-order valence-electron chi connectivity index (χ2n) is 6.03. The molecule has 1 fully saturated rings. The quantitative estimate of drug-likeness (QED) is 0.719. The fourth-order valence-corrected chi connectivity index (χ4v) is 5.02. The molecule has 11 heteroatoms. The van der Waals surface area contributed by atoms with Crippen molar-refractivity contribution in [2.45, 2.75) is 17.3 Å². The topological polar surface area (TPSA) is 71.8 Å². The number of alkyl halides is 3. The van der Waals surface area contributed by atoms with Crippen LogP contribution in [0.25, 0.3) is 0 Å². The Morgan fingerprint density at radius 3 is 2.54 bits per heavy atom. The summed E-state index contributed by atoms with van der Waals surface area (Å²) in [5, 5.41) is 0. The number of nitrogens with zero attached hydrogens (tertiary/aromatic N) is 1. The van der Waals surface area contributed by atoms with Crippen LogP contribution >= 0.6 is 11.8 Å². The van der Waals surface area contributed by atoms with Gasteiger partial charge in [-0.3, -0.25) is 4.90 Å². The summed E-state index contributed by atoms with van der Waals surface area (Å²) in [6.07, 6.45) is -3.49. The van der Waals surface area contributed by atoms with Gasteiger partial charge >= 0.3 is 6.36 Å². The number of sulfonamides is 1. The Labute approximate surface area is 165 Å². The third kappa shape index (κ3) is 5.43. The number of ether oxygens (including phenoxy) is 1. The van der Waals surface area contributed by atoms with Gasteiger partial charge in [0.2, 0.25) is 10.0 Å². The van der Waals surface area contributed by atoms with Crippen LogP contribution < -0.4 is 9.46 Å². The summed E-state index contributed by atoms with van der Waals surface area (Å²) in [5.74, 6) is 1.64. The lowest BCUT2D eigenvalue weighted by Gasteiger charge is -2.33. The highest BCUT2D eigenvalue weighted by atomic mass is 32.2. The van der Waals surface area contributed by atoms with E-state index in [2.05, 4.69) is 14.4 Å². The minimum absolute atomic E-state index is 0.0408. The summed E-state index contributed by atoms with van der Waals surface area (Å²) >= 11 is 1.81. The van der Waals surface area contributed by atoms with Crippen molar-refractivity contribution >= 4 is 21.8 Å². The minimum atomic E-state index is -4.99. The molecule has 1 saturated heterocycles. The van der Waals surface area contributed by atoms with E-state index in [4.69, 9.17) is 4.42 Å². The number of benzene rings is 1. The number of thioether (sulfide) groups is 1. The van der Waals surface area contributed by atoms with Crippen LogP contribution in [-0.4, -0.2) is 50.8 Å². The summed E-state index contributed by atoms with van der Waals surface area (Å²) in [6, 6.07) is 7.75. The van der Waals surface area contributed by atoms with E-state index in [0.29, 0.717) is 5.76 Å². The van der Waals surface area contributed by atoms with Crippen molar-refractivity contribution in [2.24, 2.45) is 0 Å². The first-order valence-corrected chi connectivity index (χ1v) is 11.1. The highest BCUT2D eigenvalue weighted by Gasteiger charge is 2.34. The average Bonchev–Trinajstić information content (AvgIpc) is 3.16. The molecular weight excluding hydrogens is 417 g/mol. The van der Waals surface area contributed by atoms with E-state index in [9.17, 15) is 21.6 Å². The first-order valence-electron chi connectivity index (χ1n) is 8.46. The van der Waals surface area contributed by atoms with Gasteiger partial charge in [0.1, 0.15) is 16.4 Å². The maximum Gasteiger partial charge on any atom is 0.573 e. The van der Waals surface area contributed by atoms with Gasteiger partial charge in [-0.25, -0.2) is 13.1 Å². The summed E-state index contributed by atoms with van der Waals surface area (Å²) in [4.78, 5) is 1.52. The van der Waals surface area contributed by atoms with Crippen LogP contribution in [0.15, 0.2) is 52.0 Å². The van der Waals surface area contributed by atoms with Crippen molar-refractivity contribution in [2.75, 3.05) is 31.1 Å². The van der Waals surface area contributed by atoms with Crippen LogP contribution in [0.5, 0.6) is 5.75 Å². The molecule has 0 bridgehead atoms. The third-order valence-electron chi connectivity index (χ3n) is 4.19. The standard InChI is InChI=1S/C17H19F3N2O4S2/c18-17(19,20)26-15-4-1-2-6-16(15)28(23,24)21-12-13(14-5-3-9-25-14)22-7-10-27-11-8-22/h1-6,9,13,21H,7-8,10-12H2. The van der Waals surface area contributed by atoms with E-state index in [1.54, 1.807) is 12.1 Å². The Balaban J connectivity index is 1.79. The van der Waals surface area contributed by atoms with Crippen molar-refractivity contribution in [3.8, 4) is 5.75 Å². The zero-order chi connectivity index (χ0) is 20.2. The van der Waals surface area contributed by atoms with Crippen LogP contribution in [0.4, 0.5) is 13.2 Å². The number of para-hydroxylation sites is 1. The lowest BCUT2D eigenvalue weighted by atomic mass is 10.2. The fourth-order valence-electron chi connectivity index (χ4n) is 2.93.